The number of hydrogen-bond acceptors (Lipinski definition) is 3. The molecule has 0 fully saturated rings. The number of esters is 1. The zero-order valence-corrected chi connectivity index (χ0v) is 15.5. The monoisotopic (exact) mass is 419 g/mol. The average Bonchev–Trinajstić information content (AvgIpc) is 2.65. The number of rotatable bonds is 7. The number of nitrogens with one attached hydrogen (secondary N) is 1. The van der Waals surface area contributed by atoms with E-state index in [9.17, 15) is 31.1 Å². The first kappa shape index (κ1) is 22.6. The van der Waals surface area contributed by atoms with Gasteiger partial charge in [0.05, 0.1) is 23.3 Å². The Balaban J connectivity index is 2.10. The predicted octanol–water partition coefficient (Wildman–Crippen LogP) is 6.29. The molecule has 2 aromatic carbocycles. The molecule has 0 aliphatic heterocycles. The molecule has 0 amide bonds. The summed E-state index contributed by atoms with van der Waals surface area (Å²) in [6.07, 6.45) is -8.17. The van der Waals surface area contributed by atoms with Gasteiger partial charge in [-0.05, 0) is 54.4 Å². The van der Waals surface area contributed by atoms with Crippen LogP contribution < -0.4 is 5.32 Å². The van der Waals surface area contributed by atoms with Gasteiger partial charge in [0, 0.05) is 12.2 Å². The smallest absolute Gasteiger partial charge is 0.416 e. The Morgan fingerprint density at radius 2 is 1.48 bits per heavy atom. The quantitative estimate of drug-likeness (QED) is 0.326. The minimum atomic E-state index is -4.89. The van der Waals surface area contributed by atoms with Crippen molar-refractivity contribution in [3.05, 3.63) is 64.7 Å². The molecule has 0 bridgehead atoms. The van der Waals surface area contributed by atoms with E-state index in [0.29, 0.717) is 30.0 Å². The molecule has 0 atom stereocenters. The largest absolute Gasteiger partial charge is 0.462 e. The summed E-state index contributed by atoms with van der Waals surface area (Å²) in [7, 11) is 0. The molecule has 0 saturated carbocycles. The number of carbonyl (C=O) groups excluding carboxylic acids is 1. The zero-order chi connectivity index (χ0) is 21.7. The molecule has 3 nitrogen and oxygen atoms in total. The number of halogens is 6. The van der Waals surface area contributed by atoms with Gasteiger partial charge >= 0.3 is 18.3 Å². The number of hydrogen-bond donors (Lipinski definition) is 1. The molecule has 29 heavy (non-hydrogen) atoms. The molecule has 0 aliphatic rings. The van der Waals surface area contributed by atoms with Crippen molar-refractivity contribution in [2.45, 2.75) is 38.7 Å². The van der Waals surface area contributed by atoms with Crippen LogP contribution in [-0.2, 0) is 23.6 Å². The molecule has 0 unspecified atom stereocenters. The Morgan fingerprint density at radius 3 is 1.97 bits per heavy atom. The van der Waals surface area contributed by atoms with Crippen molar-refractivity contribution in [1.29, 1.82) is 0 Å². The van der Waals surface area contributed by atoms with Crippen LogP contribution in [0.4, 0.5) is 32.0 Å². The standard InChI is InChI=1S/C20H19F6NO2/c1-2-3-8-29-18(28)14-4-6-17(7-5-14)27-12-13-9-15(19(21,22)23)11-16(10-13)20(24,25)26/h4-7,9-11,27H,2-3,8,12H2,1H3. The van der Waals surface area contributed by atoms with Crippen LogP contribution in [0, 0.1) is 0 Å². The molecule has 0 saturated heterocycles. The lowest BCUT2D eigenvalue weighted by molar-refractivity contribution is -0.143. The first-order chi connectivity index (χ1) is 13.5. The van der Waals surface area contributed by atoms with E-state index in [-0.39, 0.29) is 18.2 Å². The molecule has 2 rings (SSSR count). The van der Waals surface area contributed by atoms with Gasteiger partial charge in [-0.1, -0.05) is 13.3 Å². The second kappa shape index (κ2) is 9.19. The summed E-state index contributed by atoms with van der Waals surface area (Å²) in [5.74, 6) is -0.502. The van der Waals surface area contributed by atoms with Gasteiger partial charge in [0.1, 0.15) is 0 Å². The fourth-order valence-electron chi connectivity index (χ4n) is 2.44. The van der Waals surface area contributed by atoms with Crippen molar-refractivity contribution in [1.82, 2.24) is 0 Å². The van der Waals surface area contributed by atoms with Gasteiger partial charge in [-0.3, -0.25) is 0 Å². The maximum atomic E-state index is 12.9. The third-order valence-corrected chi connectivity index (χ3v) is 4.00. The Kier molecular flexibility index (Phi) is 7.16. The molecule has 0 aromatic heterocycles. The van der Waals surface area contributed by atoms with Crippen molar-refractivity contribution in [2.24, 2.45) is 0 Å². The average molecular weight is 419 g/mol. The zero-order valence-electron chi connectivity index (χ0n) is 15.5. The fraction of sp³-hybridized carbons (Fsp3) is 0.350. The van der Waals surface area contributed by atoms with E-state index in [1.54, 1.807) is 0 Å². The Labute approximate surface area is 163 Å². The summed E-state index contributed by atoms with van der Waals surface area (Å²) in [4.78, 5) is 11.8. The van der Waals surface area contributed by atoms with E-state index in [1.165, 1.54) is 24.3 Å². The van der Waals surface area contributed by atoms with E-state index < -0.39 is 29.4 Å². The van der Waals surface area contributed by atoms with Gasteiger partial charge in [-0.2, -0.15) is 26.3 Å². The Bertz CT molecular complexity index is 796. The molecule has 1 N–H and O–H groups in total. The van der Waals surface area contributed by atoms with E-state index in [1.807, 2.05) is 6.92 Å². The Morgan fingerprint density at radius 1 is 0.931 bits per heavy atom. The summed E-state index contributed by atoms with van der Waals surface area (Å²) >= 11 is 0. The summed E-state index contributed by atoms with van der Waals surface area (Å²) in [5, 5.41) is 2.75. The highest BCUT2D eigenvalue weighted by atomic mass is 19.4. The first-order valence-electron chi connectivity index (χ1n) is 8.80. The highest BCUT2D eigenvalue weighted by Gasteiger charge is 2.36. The lowest BCUT2D eigenvalue weighted by atomic mass is 10.0. The number of ether oxygens (including phenoxy) is 1. The summed E-state index contributed by atoms with van der Waals surface area (Å²) in [5.41, 5.74) is -2.18. The third-order valence-electron chi connectivity index (χ3n) is 4.00. The molecule has 0 heterocycles. The van der Waals surface area contributed by atoms with Crippen molar-refractivity contribution >= 4 is 11.7 Å². The van der Waals surface area contributed by atoms with Crippen LogP contribution in [0.25, 0.3) is 0 Å². The van der Waals surface area contributed by atoms with E-state index in [2.05, 4.69) is 5.32 Å². The molecule has 158 valence electrons. The van der Waals surface area contributed by atoms with Gasteiger partial charge in [-0.15, -0.1) is 0 Å². The number of anilines is 1. The highest BCUT2D eigenvalue weighted by Crippen LogP contribution is 2.36. The third kappa shape index (κ3) is 6.69. The topological polar surface area (TPSA) is 38.3 Å². The summed E-state index contributed by atoms with van der Waals surface area (Å²) in [6, 6.07) is 7.34. The molecular weight excluding hydrogens is 400 g/mol. The van der Waals surface area contributed by atoms with Crippen molar-refractivity contribution in [3.63, 3.8) is 0 Å². The van der Waals surface area contributed by atoms with Gasteiger partial charge < -0.3 is 10.1 Å². The van der Waals surface area contributed by atoms with Crippen LogP contribution in [0.1, 0.15) is 46.8 Å². The van der Waals surface area contributed by atoms with E-state index in [0.717, 1.165) is 12.8 Å². The van der Waals surface area contributed by atoms with E-state index in [4.69, 9.17) is 4.74 Å². The molecule has 0 spiro atoms. The number of carbonyl (C=O) groups is 1. The Hall–Kier alpha value is -2.71. The molecule has 0 radical (unpaired) electrons. The van der Waals surface area contributed by atoms with Crippen molar-refractivity contribution in [3.8, 4) is 0 Å². The van der Waals surface area contributed by atoms with Gasteiger partial charge in [0.25, 0.3) is 0 Å². The number of benzene rings is 2. The number of unbranched alkanes of at least 4 members (excludes halogenated alkanes) is 1. The van der Waals surface area contributed by atoms with Crippen LogP contribution in [-0.4, -0.2) is 12.6 Å². The maximum Gasteiger partial charge on any atom is 0.416 e. The van der Waals surface area contributed by atoms with Crippen LogP contribution in [0.5, 0.6) is 0 Å². The van der Waals surface area contributed by atoms with E-state index >= 15 is 0 Å². The van der Waals surface area contributed by atoms with Gasteiger partial charge in [-0.25, -0.2) is 4.79 Å². The van der Waals surface area contributed by atoms with Gasteiger partial charge in [0.15, 0.2) is 0 Å². The normalized spacial score (nSPS) is 12.0. The predicted molar refractivity (Wildman–Crippen MR) is 95.4 cm³/mol. The first-order valence-corrected chi connectivity index (χ1v) is 8.80. The highest BCUT2D eigenvalue weighted by molar-refractivity contribution is 5.89. The fourth-order valence-corrected chi connectivity index (χ4v) is 2.44. The molecule has 9 heteroatoms. The lowest BCUT2D eigenvalue weighted by Crippen LogP contribution is -2.13. The summed E-state index contributed by atoms with van der Waals surface area (Å²) in [6.45, 7) is 2.00. The summed E-state index contributed by atoms with van der Waals surface area (Å²) < 4.78 is 82.4. The van der Waals surface area contributed by atoms with Crippen LogP contribution in [0.15, 0.2) is 42.5 Å². The molecule has 2 aromatic rings. The molecular formula is C20H19F6NO2. The minimum absolute atomic E-state index is 0.0858. The van der Waals surface area contributed by atoms with Crippen LogP contribution >= 0.6 is 0 Å². The second-order valence-electron chi connectivity index (χ2n) is 6.33. The van der Waals surface area contributed by atoms with Crippen molar-refractivity contribution in [2.75, 3.05) is 11.9 Å². The lowest BCUT2D eigenvalue weighted by Gasteiger charge is -2.15. The van der Waals surface area contributed by atoms with Crippen LogP contribution in [0.2, 0.25) is 0 Å². The SMILES string of the molecule is CCCCOC(=O)c1ccc(NCc2cc(C(F)(F)F)cc(C(F)(F)F)c2)cc1. The van der Waals surface area contributed by atoms with Crippen LogP contribution in [0.3, 0.4) is 0 Å². The minimum Gasteiger partial charge on any atom is -0.462 e. The second-order valence-corrected chi connectivity index (χ2v) is 6.33. The van der Waals surface area contributed by atoms with Gasteiger partial charge in [0.2, 0.25) is 0 Å². The number of alkyl halides is 6. The van der Waals surface area contributed by atoms with Crippen molar-refractivity contribution < 1.29 is 35.9 Å². The maximum absolute atomic E-state index is 12.9. The molecule has 0 aliphatic carbocycles.